The zero-order chi connectivity index (χ0) is 12.4. The molecule has 0 spiro atoms. The van der Waals surface area contributed by atoms with Gasteiger partial charge in [-0.3, -0.25) is 4.79 Å². The van der Waals surface area contributed by atoms with Crippen LogP contribution in [0.5, 0.6) is 5.75 Å². The second-order valence-electron chi connectivity index (χ2n) is 4.27. The first-order valence-electron chi connectivity index (χ1n) is 5.63. The van der Waals surface area contributed by atoms with Crippen molar-refractivity contribution in [3.05, 3.63) is 22.7 Å². The van der Waals surface area contributed by atoms with Gasteiger partial charge in [-0.15, -0.1) is 0 Å². The SMILES string of the molecule is NC(=O)c1cc(N)cc(Cl)c1OC1CCCC1. The summed E-state index contributed by atoms with van der Waals surface area (Å²) < 4.78 is 5.77. The fourth-order valence-corrected chi connectivity index (χ4v) is 2.36. The van der Waals surface area contributed by atoms with E-state index in [0.29, 0.717) is 16.5 Å². The lowest BCUT2D eigenvalue weighted by molar-refractivity contribution is 0.0993. The first kappa shape index (κ1) is 12.0. The minimum absolute atomic E-state index is 0.120. The molecule has 2 rings (SSSR count). The third kappa shape index (κ3) is 2.64. The summed E-state index contributed by atoms with van der Waals surface area (Å²) in [4.78, 5) is 11.3. The molecule has 17 heavy (non-hydrogen) atoms. The van der Waals surface area contributed by atoms with Crippen LogP contribution in [0.2, 0.25) is 5.02 Å². The molecule has 4 nitrogen and oxygen atoms in total. The third-order valence-electron chi connectivity index (χ3n) is 2.92. The van der Waals surface area contributed by atoms with Crippen LogP contribution in [0.3, 0.4) is 0 Å². The van der Waals surface area contributed by atoms with Crippen molar-refractivity contribution in [1.29, 1.82) is 0 Å². The Balaban J connectivity index is 2.33. The summed E-state index contributed by atoms with van der Waals surface area (Å²) in [7, 11) is 0. The van der Waals surface area contributed by atoms with Gasteiger partial charge in [-0.05, 0) is 37.8 Å². The van der Waals surface area contributed by atoms with E-state index in [1.807, 2.05) is 0 Å². The Morgan fingerprint density at radius 3 is 2.59 bits per heavy atom. The van der Waals surface area contributed by atoms with Gasteiger partial charge >= 0.3 is 0 Å². The number of carbonyl (C=O) groups is 1. The fraction of sp³-hybridized carbons (Fsp3) is 0.417. The average molecular weight is 255 g/mol. The van der Waals surface area contributed by atoms with Gasteiger partial charge in [0.25, 0.3) is 5.91 Å². The van der Waals surface area contributed by atoms with E-state index in [0.717, 1.165) is 25.7 Å². The molecule has 92 valence electrons. The van der Waals surface area contributed by atoms with Gasteiger partial charge in [-0.2, -0.15) is 0 Å². The summed E-state index contributed by atoms with van der Waals surface area (Å²) in [5.74, 6) is -0.215. The lowest BCUT2D eigenvalue weighted by Crippen LogP contribution is -2.18. The van der Waals surface area contributed by atoms with Crippen molar-refractivity contribution >= 4 is 23.2 Å². The number of rotatable bonds is 3. The Kier molecular flexibility index (Phi) is 3.43. The van der Waals surface area contributed by atoms with Crippen molar-refractivity contribution in [2.45, 2.75) is 31.8 Å². The standard InChI is InChI=1S/C12H15ClN2O2/c13-10-6-7(14)5-9(12(15)16)11(10)17-8-3-1-2-4-8/h5-6,8H,1-4,14H2,(H2,15,16). The van der Waals surface area contributed by atoms with Gasteiger partial charge in [0.2, 0.25) is 0 Å². The molecule has 1 fully saturated rings. The molecule has 1 aromatic carbocycles. The Morgan fingerprint density at radius 2 is 2.00 bits per heavy atom. The largest absolute Gasteiger partial charge is 0.488 e. The van der Waals surface area contributed by atoms with E-state index in [-0.39, 0.29) is 11.7 Å². The van der Waals surface area contributed by atoms with Crippen molar-refractivity contribution in [2.24, 2.45) is 5.73 Å². The van der Waals surface area contributed by atoms with Gasteiger partial charge in [0.15, 0.2) is 5.75 Å². The van der Waals surface area contributed by atoms with Crippen LogP contribution in [0.4, 0.5) is 5.69 Å². The van der Waals surface area contributed by atoms with Crippen LogP contribution in [-0.2, 0) is 0 Å². The predicted octanol–water partition coefficient (Wildman–Crippen LogP) is 2.34. The van der Waals surface area contributed by atoms with Crippen LogP contribution in [0.15, 0.2) is 12.1 Å². The van der Waals surface area contributed by atoms with Crippen molar-refractivity contribution < 1.29 is 9.53 Å². The number of nitrogens with two attached hydrogens (primary N) is 2. The molecule has 1 aliphatic carbocycles. The number of halogens is 1. The molecule has 0 bridgehead atoms. The van der Waals surface area contributed by atoms with Crippen LogP contribution < -0.4 is 16.2 Å². The van der Waals surface area contributed by atoms with E-state index in [2.05, 4.69) is 0 Å². The molecular formula is C12H15ClN2O2. The highest BCUT2D eigenvalue weighted by Crippen LogP contribution is 2.34. The molecule has 1 aromatic rings. The van der Waals surface area contributed by atoms with Crippen molar-refractivity contribution in [3.63, 3.8) is 0 Å². The number of primary amides is 1. The second-order valence-corrected chi connectivity index (χ2v) is 4.68. The van der Waals surface area contributed by atoms with Gasteiger partial charge < -0.3 is 16.2 Å². The third-order valence-corrected chi connectivity index (χ3v) is 3.20. The van der Waals surface area contributed by atoms with Gasteiger partial charge in [0, 0.05) is 5.69 Å². The molecule has 0 unspecified atom stereocenters. The molecule has 0 radical (unpaired) electrons. The van der Waals surface area contributed by atoms with Gasteiger partial charge in [-0.25, -0.2) is 0 Å². The van der Waals surface area contributed by atoms with Gasteiger partial charge in [-0.1, -0.05) is 11.6 Å². The zero-order valence-corrected chi connectivity index (χ0v) is 10.2. The summed E-state index contributed by atoms with van der Waals surface area (Å²) in [6.07, 6.45) is 4.37. The number of hydrogen-bond donors (Lipinski definition) is 2. The number of ether oxygens (including phenoxy) is 1. The number of amides is 1. The molecule has 0 heterocycles. The van der Waals surface area contributed by atoms with E-state index in [1.165, 1.54) is 6.07 Å². The summed E-state index contributed by atoms with van der Waals surface area (Å²) in [5.41, 5.74) is 11.6. The lowest BCUT2D eigenvalue weighted by atomic mass is 10.1. The first-order chi connectivity index (χ1) is 8.08. The maximum absolute atomic E-state index is 11.3. The smallest absolute Gasteiger partial charge is 0.252 e. The summed E-state index contributed by atoms with van der Waals surface area (Å²) in [6, 6.07) is 3.07. The van der Waals surface area contributed by atoms with Gasteiger partial charge in [0.1, 0.15) is 0 Å². The summed E-state index contributed by atoms with van der Waals surface area (Å²) in [5, 5.41) is 0.339. The highest BCUT2D eigenvalue weighted by Gasteiger charge is 2.21. The maximum atomic E-state index is 11.3. The van der Waals surface area contributed by atoms with Crippen LogP contribution in [0.25, 0.3) is 0 Å². The van der Waals surface area contributed by atoms with Crippen molar-refractivity contribution in [2.75, 3.05) is 5.73 Å². The number of hydrogen-bond acceptors (Lipinski definition) is 3. The van der Waals surface area contributed by atoms with Crippen molar-refractivity contribution in [3.8, 4) is 5.75 Å². The molecular weight excluding hydrogens is 240 g/mol. The number of nitrogen functional groups attached to an aromatic ring is 1. The summed E-state index contributed by atoms with van der Waals surface area (Å²) >= 11 is 6.04. The van der Waals surface area contributed by atoms with Crippen LogP contribution in [0.1, 0.15) is 36.0 Å². The molecule has 1 amide bonds. The minimum atomic E-state index is -0.577. The molecule has 0 atom stereocenters. The van der Waals surface area contributed by atoms with Crippen LogP contribution in [-0.4, -0.2) is 12.0 Å². The zero-order valence-electron chi connectivity index (χ0n) is 9.41. The molecule has 5 heteroatoms. The molecule has 0 saturated heterocycles. The highest BCUT2D eigenvalue weighted by molar-refractivity contribution is 6.33. The van der Waals surface area contributed by atoms with E-state index in [1.54, 1.807) is 6.07 Å². The van der Waals surface area contributed by atoms with E-state index < -0.39 is 5.91 Å². The van der Waals surface area contributed by atoms with Crippen LogP contribution >= 0.6 is 11.6 Å². The Hall–Kier alpha value is -1.42. The van der Waals surface area contributed by atoms with E-state index >= 15 is 0 Å². The van der Waals surface area contributed by atoms with Gasteiger partial charge in [0.05, 0.1) is 16.7 Å². The molecule has 1 saturated carbocycles. The first-order valence-corrected chi connectivity index (χ1v) is 6.01. The Morgan fingerprint density at radius 1 is 1.35 bits per heavy atom. The number of benzene rings is 1. The van der Waals surface area contributed by atoms with E-state index in [9.17, 15) is 4.79 Å². The molecule has 1 aliphatic rings. The minimum Gasteiger partial charge on any atom is -0.488 e. The topological polar surface area (TPSA) is 78.3 Å². The molecule has 4 N–H and O–H groups in total. The Labute approximate surface area is 105 Å². The average Bonchev–Trinajstić information content (AvgIpc) is 2.74. The molecule has 0 aromatic heterocycles. The van der Waals surface area contributed by atoms with E-state index in [4.69, 9.17) is 27.8 Å². The fourth-order valence-electron chi connectivity index (χ4n) is 2.09. The maximum Gasteiger partial charge on any atom is 0.252 e. The monoisotopic (exact) mass is 254 g/mol. The second kappa shape index (κ2) is 4.84. The lowest BCUT2D eigenvalue weighted by Gasteiger charge is -2.17. The quantitative estimate of drug-likeness (QED) is 0.813. The number of carbonyl (C=O) groups excluding carboxylic acids is 1. The Bertz CT molecular complexity index is 442. The van der Waals surface area contributed by atoms with Crippen LogP contribution in [0, 0.1) is 0 Å². The van der Waals surface area contributed by atoms with Crippen molar-refractivity contribution in [1.82, 2.24) is 0 Å². The molecule has 0 aliphatic heterocycles. The summed E-state index contributed by atoms with van der Waals surface area (Å²) in [6.45, 7) is 0. The highest BCUT2D eigenvalue weighted by atomic mass is 35.5. The normalized spacial score (nSPS) is 16.1. The number of anilines is 1. The predicted molar refractivity (Wildman–Crippen MR) is 67.3 cm³/mol.